The first kappa shape index (κ1) is 21.7. The molecule has 1 aliphatic rings. The van der Waals surface area contributed by atoms with Crippen LogP contribution in [0.4, 0.5) is 11.4 Å². The van der Waals surface area contributed by atoms with Gasteiger partial charge in [-0.2, -0.15) is 0 Å². The van der Waals surface area contributed by atoms with E-state index in [1.807, 2.05) is 55.5 Å². The number of hydrogen-bond donors (Lipinski definition) is 1. The van der Waals surface area contributed by atoms with Gasteiger partial charge in [0.05, 0.1) is 18.4 Å². The molecule has 0 radical (unpaired) electrons. The quantitative estimate of drug-likeness (QED) is 0.354. The van der Waals surface area contributed by atoms with Crippen molar-refractivity contribution in [1.82, 2.24) is 0 Å². The second-order valence-electron chi connectivity index (χ2n) is 8.01. The van der Waals surface area contributed by atoms with Crippen molar-refractivity contribution in [2.24, 2.45) is 0 Å². The van der Waals surface area contributed by atoms with Gasteiger partial charge in [0.15, 0.2) is 0 Å². The van der Waals surface area contributed by atoms with Crippen LogP contribution in [0, 0.1) is 6.92 Å². The average Bonchev–Trinajstić information content (AvgIpc) is 3.10. The maximum absolute atomic E-state index is 13.8. The minimum absolute atomic E-state index is 0.197. The van der Waals surface area contributed by atoms with E-state index in [0.717, 1.165) is 16.3 Å². The van der Waals surface area contributed by atoms with Gasteiger partial charge in [-0.05, 0) is 53.8 Å². The lowest BCUT2D eigenvalue weighted by molar-refractivity contribution is -0.120. The van der Waals surface area contributed by atoms with E-state index in [9.17, 15) is 9.59 Å². The number of anilines is 2. The van der Waals surface area contributed by atoms with E-state index in [2.05, 4.69) is 5.32 Å². The molecule has 5 nitrogen and oxygen atoms in total. The van der Waals surface area contributed by atoms with Crippen LogP contribution in [0.2, 0.25) is 5.02 Å². The predicted octanol–water partition coefficient (Wildman–Crippen LogP) is 6.21. The van der Waals surface area contributed by atoms with Crippen LogP contribution in [-0.2, 0) is 9.59 Å². The van der Waals surface area contributed by atoms with Gasteiger partial charge in [0.2, 0.25) is 0 Å². The summed E-state index contributed by atoms with van der Waals surface area (Å²) in [5.74, 6) is -0.164. The Bertz CT molecular complexity index is 1470. The molecule has 168 valence electrons. The van der Waals surface area contributed by atoms with Crippen molar-refractivity contribution in [1.29, 1.82) is 0 Å². The molecular weight excluding hydrogens is 448 g/mol. The smallest absolute Gasteiger partial charge is 0.282 e. The van der Waals surface area contributed by atoms with Gasteiger partial charge in [-0.1, -0.05) is 66.2 Å². The number of imide groups is 1. The van der Waals surface area contributed by atoms with E-state index in [1.54, 1.807) is 43.5 Å². The van der Waals surface area contributed by atoms with Crippen LogP contribution in [0.3, 0.4) is 0 Å². The first-order valence-electron chi connectivity index (χ1n) is 10.8. The molecule has 1 N–H and O–H groups in total. The van der Waals surface area contributed by atoms with E-state index in [-0.39, 0.29) is 11.3 Å². The largest absolute Gasteiger partial charge is 0.497 e. The molecular formula is C28H21ClN2O3. The summed E-state index contributed by atoms with van der Waals surface area (Å²) in [5.41, 5.74) is 3.18. The molecule has 0 fully saturated rings. The number of carbonyl (C=O) groups is 2. The van der Waals surface area contributed by atoms with Gasteiger partial charge in [0.25, 0.3) is 11.8 Å². The number of fused-ring (bicyclic) bond motifs is 1. The number of aryl methyl sites for hydroxylation is 1. The van der Waals surface area contributed by atoms with E-state index in [1.165, 1.54) is 4.90 Å². The number of rotatable bonds is 5. The zero-order valence-electron chi connectivity index (χ0n) is 18.6. The van der Waals surface area contributed by atoms with Crippen molar-refractivity contribution in [2.45, 2.75) is 6.92 Å². The third kappa shape index (κ3) is 3.70. The highest BCUT2D eigenvalue weighted by Crippen LogP contribution is 2.37. The molecule has 0 spiro atoms. The van der Waals surface area contributed by atoms with E-state index in [0.29, 0.717) is 27.7 Å². The van der Waals surface area contributed by atoms with Crippen molar-refractivity contribution in [3.8, 4) is 5.75 Å². The van der Waals surface area contributed by atoms with Crippen molar-refractivity contribution in [3.05, 3.63) is 107 Å². The second kappa shape index (κ2) is 8.69. The number of carbonyl (C=O) groups excluding carboxylic acids is 2. The molecule has 0 aromatic heterocycles. The van der Waals surface area contributed by atoms with Crippen molar-refractivity contribution < 1.29 is 14.3 Å². The summed E-state index contributed by atoms with van der Waals surface area (Å²) in [6, 6.07) is 25.8. The molecule has 34 heavy (non-hydrogen) atoms. The van der Waals surface area contributed by atoms with Crippen LogP contribution in [0.5, 0.6) is 5.75 Å². The van der Waals surface area contributed by atoms with Gasteiger partial charge in [-0.3, -0.25) is 9.59 Å². The number of methoxy groups -OCH3 is 1. The van der Waals surface area contributed by atoms with Crippen molar-refractivity contribution >= 4 is 51.1 Å². The maximum Gasteiger partial charge on any atom is 0.282 e. The molecule has 4 aromatic rings. The lowest BCUT2D eigenvalue weighted by Gasteiger charge is -2.18. The molecule has 6 heteroatoms. The fourth-order valence-corrected chi connectivity index (χ4v) is 4.29. The number of hydrogen-bond acceptors (Lipinski definition) is 4. The number of nitrogens with one attached hydrogen (secondary N) is 1. The van der Waals surface area contributed by atoms with E-state index >= 15 is 0 Å². The third-order valence-electron chi connectivity index (χ3n) is 5.91. The normalized spacial score (nSPS) is 13.7. The van der Waals surface area contributed by atoms with E-state index in [4.69, 9.17) is 16.3 Å². The number of halogens is 1. The van der Waals surface area contributed by atoms with Crippen molar-refractivity contribution in [2.75, 3.05) is 17.3 Å². The third-order valence-corrected chi connectivity index (χ3v) is 6.32. The van der Waals surface area contributed by atoms with Gasteiger partial charge in [0, 0.05) is 16.1 Å². The molecule has 0 unspecified atom stereocenters. The average molecular weight is 469 g/mol. The molecule has 0 saturated heterocycles. The molecule has 0 atom stereocenters. The van der Waals surface area contributed by atoms with Gasteiger partial charge in [-0.15, -0.1) is 0 Å². The van der Waals surface area contributed by atoms with Crippen LogP contribution in [0.15, 0.2) is 90.6 Å². The monoisotopic (exact) mass is 468 g/mol. The Morgan fingerprint density at radius 1 is 0.853 bits per heavy atom. The lowest BCUT2D eigenvalue weighted by atomic mass is 10.0. The second-order valence-corrected chi connectivity index (χ2v) is 8.42. The van der Waals surface area contributed by atoms with Gasteiger partial charge in [-0.25, -0.2) is 4.90 Å². The predicted molar refractivity (Wildman–Crippen MR) is 136 cm³/mol. The minimum atomic E-state index is -0.427. The van der Waals surface area contributed by atoms with Gasteiger partial charge < -0.3 is 10.1 Å². The van der Waals surface area contributed by atoms with Gasteiger partial charge >= 0.3 is 0 Å². The summed E-state index contributed by atoms with van der Waals surface area (Å²) < 4.78 is 5.26. The first-order valence-corrected chi connectivity index (χ1v) is 11.1. The Morgan fingerprint density at radius 3 is 2.32 bits per heavy atom. The number of benzene rings is 4. The Hall–Kier alpha value is -4.09. The summed E-state index contributed by atoms with van der Waals surface area (Å²) in [4.78, 5) is 28.8. The zero-order chi connectivity index (χ0) is 23.8. The molecule has 1 heterocycles. The van der Waals surface area contributed by atoms with Crippen LogP contribution < -0.4 is 15.0 Å². The molecule has 0 saturated carbocycles. The maximum atomic E-state index is 13.8. The molecule has 0 aliphatic carbocycles. The summed E-state index contributed by atoms with van der Waals surface area (Å²) in [7, 11) is 1.58. The summed E-state index contributed by atoms with van der Waals surface area (Å²) in [5, 5.41) is 5.50. The fourth-order valence-electron chi connectivity index (χ4n) is 4.11. The first-order chi connectivity index (χ1) is 16.5. The molecule has 4 aromatic carbocycles. The van der Waals surface area contributed by atoms with Gasteiger partial charge in [0.1, 0.15) is 11.4 Å². The van der Waals surface area contributed by atoms with Crippen LogP contribution in [-0.4, -0.2) is 18.9 Å². The van der Waals surface area contributed by atoms with E-state index < -0.39 is 11.8 Å². The Kier molecular flexibility index (Phi) is 5.56. The highest BCUT2D eigenvalue weighted by Gasteiger charge is 2.40. The molecule has 2 amide bonds. The Labute approximate surface area is 202 Å². The summed E-state index contributed by atoms with van der Waals surface area (Å²) in [6.07, 6.45) is 0. The SMILES string of the molecule is COc1ccc(C2=C(Nc3ccc(C)c(Cl)c3)C(=O)N(c3cccc4ccccc34)C2=O)cc1. The van der Waals surface area contributed by atoms with Crippen molar-refractivity contribution in [3.63, 3.8) is 0 Å². The Balaban J connectivity index is 1.65. The number of nitrogens with zero attached hydrogens (tertiary/aromatic N) is 1. The molecule has 5 rings (SSSR count). The summed E-state index contributed by atoms with van der Waals surface area (Å²) >= 11 is 6.31. The molecule has 0 bridgehead atoms. The highest BCUT2D eigenvalue weighted by molar-refractivity contribution is 6.47. The highest BCUT2D eigenvalue weighted by atomic mass is 35.5. The Morgan fingerprint density at radius 2 is 1.59 bits per heavy atom. The molecule has 1 aliphatic heterocycles. The summed E-state index contributed by atoms with van der Waals surface area (Å²) in [6.45, 7) is 1.90. The standard InChI is InChI=1S/C28H21ClN2O3/c1-17-10-13-20(16-23(17)29)30-26-25(19-11-14-21(34-2)15-12-19)27(32)31(28(26)33)24-9-5-7-18-6-3-4-8-22(18)24/h3-16,30H,1-2H3. The van der Waals surface area contributed by atoms with Crippen LogP contribution in [0.25, 0.3) is 16.3 Å². The topological polar surface area (TPSA) is 58.6 Å². The number of amides is 2. The number of ether oxygens (including phenoxy) is 1. The van der Waals surface area contributed by atoms with Crippen LogP contribution >= 0.6 is 11.6 Å². The minimum Gasteiger partial charge on any atom is -0.497 e. The fraction of sp³-hybridized carbons (Fsp3) is 0.0714. The lowest BCUT2D eigenvalue weighted by Crippen LogP contribution is -2.32. The zero-order valence-corrected chi connectivity index (χ0v) is 19.4. The van der Waals surface area contributed by atoms with Crippen LogP contribution in [0.1, 0.15) is 11.1 Å².